The van der Waals surface area contributed by atoms with Gasteiger partial charge in [-0.05, 0) is 28.7 Å². The number of hydrogen-bond acceptors (Lipinski definition) is 1. The van der Waals surface area contributed by atoms with Gasteiger partial charge in [-0.25, -0.2) is 0 Å². The molecule has 0 amide bonds. The van der Waals surface area contributed by atoms with E-state index < -0.39 is 0 Å². The van der Waals surface area contributed by atoms with E-state index in [9.17, 15) is 0 Å². The molecule has 0 saturated heterocycles. The molecule has 1 heterocycles. The molecular weight excluding hydrogens is 172 g/mol. The second-order valence-electron chi connectivity index (χ2n) is 4.79. The average Bonchev–Trinajstić information content (AvgIpc) is 2.59. The highest BCUT2D eigenvalue weighted by molar-refractivity contribution is 5.92. The lowest BCUT2D eigenvalue weighted by Gasteiger charge is -2.15. The minimum absolute atomic E-state index is 0.348. The van der Waals surface area contributed by atoms with Crippen LogP contribution in [0.25, 0.3) is 5.57 Å². The topological polar surface area (TPSA) is 13.1 Å². The maximum absolute atomic E-state index is 5.13. The first-order valence-electron chi connectivity index (χ1n) is 5.12. The van der Waals surface area contributed by atoms with E-state index in [1.807, 2.05) is 12.3 Å². The Morgan fingerprint density at radius 2 is 2.14 bits per heavy atom. The van der Waals surface area contributed by atoms with Gasteiger partial charge in [0.1, 0.15) is 0 Å². The minimum atomic E-state index is 0.348. The van der Waals surface area contributed by atoms with Crippen molar-refractivity contribution in [3.63, 3.8) is 0 Å². The van der Waals surface area contributed by atoms with E-state index in [1.54, 1.807) is 17.4 Å². The molecule has 0 aliphatic heterocycles. The van der Waals surface area contributed by atoms with Crippen molar-refractivity contribution in [2.45, 2.75) is 20.8 Å². The van der Waals surface area contributed by atoms with Gasteiger partial charge in [-0.1, -0.05) is 26.8 Å². The zero-order chi connectivity index (χ0) is 9.92. The highest BCUT2D eigenvalue weighted by atomic mass is 16.3. The third-order valence-corrected chi connectivity index (χ3v) is 3.48. The summed E-state index contributed by atoms with van der Waals surface area (Å²) in [7, 11) is 0. The normalized spacial score (nSPS) is 27.6. The largest absolute Gasteiger partial charge is 0.472 e. The third-order valence-electron chi connectivity index (χ3n) is 3.48. The number of allylic oxidation sites excluding steroid dienone is 4. The van der Waals surface area contributed by atoms with Crippen LogP contribution in [0.1, 0.15) is 26.3 Å². The highest BCUT2D eigenvalue weighted by Gasteiger charge is 2.51. The van der Waals surface area contributed by atoms with Crippen molar-refractivity contribution in [2.24, 2.45) is 11.3 Å². The molecule has 1 unspecified atom stereocenters. The van der Waals surface area contributed by atoms with Gasteiger partial charge in [-0.3, -0.25) is 0 Å². The fourth-order valence-corrected chi connectivity index (χ4v) is 2.85. The van der Waals surface area contributed by atoms with Gasteiger partial charge in [0, 0.05) is 11.0 Å². The molecule has 0 saturated carbocycles. The molecule has 2 aliphatic rings. The summed E-state index contributed by atoms with van der Waals surface area (Å²) in [5.74, 6) is 0.616. The van der Waals surface area contributed by atoms with Crippen LogP contribution in [-0.4, -0.2) is 0 Å². The lowest BCUT2D eigenvalue weighted by molar-refractivity contribution is 0.566. The molecule has 3 rings (SSSR count). The first kappa shape index (κ1) is 8.10. The van der Waals surface area contributed by atoms with Crippen molar-refractivity contribution in [3.05, 3.63) is 41.4 Å². The predicted octanol–water partition coefficient (Wildman–Crippen LogP) is 3.65. The van der Waals surface area contributed by atoms with Crippen LogP contribution in [0.5, 0.6) is 0 Å². The average molecular weight is 186 g/mol. The molecule has 14 heavy (non-hydrogen) atoms. The van der Waals surface area contributed by atoms with Crippen molar-refractivity contribution < 1.29 is 4.42 Å². The quantitative estimate of drug-likeness (QED) is 0.652. The lowest BCUT2D eigenvalue weighted by Crippen LogP contribution is -2.03. The molecule has 0 spiro atoms. The van der Waals surface area contributed by atoms with E-state index in [2.05, 4.69) is 26.8 Å². The Bertz CT molecular complexity index is 444. The molecule has 1 heteroatoms. The van der Waals surface area contributed by atoms with Crippen molar-refractivity contribution in [2.75, 3.05) is 0 Å². The van der Waals surface area contributed by atoms with Gasteiger partial charge >= 0.3 is 0 Å². The summed E-state index contributed by atoms with van der Waals surface area (Å²) in [5.41, 5.74) is 6.14. The van der Waals surface area contributed by atoms with Crippen LogP contribution in [0.3, 0.4) is 0 Å². The summed E-state index contributed by atoms with van der Waals surface area (Å²) < 4.78 is 5.13. The van der Waals surface area contributed by atoms with Gasteiger partial charge < -0.3 is 4.42 Å². The first-order chi connectivity index (χ1) is 6.62. The van der Waals surface area contributed by atoms with Gasteiger partial charge in [-0.2, -0.15) is 0 Å². The molecule has 1 aromatic rings. The van der Waals surface area contributed by atoms with Crippen LogP contribution in [0.2, 0.25) is 0 Å². The SMILES string of the molecule is CC1C=C(c2ccoc2)C2=C1C2(C)C. The summed E-state index contributed by atoms with van der Waals surface area (Å²) in [4.78, 5) is 0. The molecule has 1 aromatic heterocycles. The standard InChI is InChI=1S/C13H14O/c1-8-6-10(9-4-5-14-7-9)12-11(8)13(12,2)3/h4-8H,1-3H3. The summed E-state index contributed by atoms with van der Waals surface area (Å²) in [6, 6.07) is 2.04. The summed E-state index contributed by atoms with van der Waals surface area (Å²) in [5, 5.41) is 0. The molecule has 1 nitrogen and oxygen atoms in total. The second kappa shape index (κ2) is 2.22. The lowest BCUT2D eigenvalue weighted by atomic mass is 9.88. The maximum Gasteiger partial charge on any atom is 0.0980 e. The fourth-order valence-electron chi connectivity index (χ4n) is 2.85. The predicted molar refractivity (Wildman–Crippen MR) is 56.7 cm³/mol. The molecule has 2 aliphatic carbocycles. The fraction of sp³-hybridized carbons (Fsp3) is 0.385. The van der Waals surface area contributed by atoms with Gasteiger partial charge in [0.25, 0.3) is 0 Å². The minimum Gasteiger partial charge on any atom is -0.472 e. The van der Waals surface area contributed by atoms with Crippen LogP contribution < -0.4 is 0 Å². The monoisotopic (exact) mass is 186 g/mol. The van der Waals surface area contributed by atoms with Crippen LogP contribution in [-0.2, 0) is 0 Å². The Morgan fingerprint density at radius 3 is 2.64 bits per heavy atom. The Hall–Kier alpha value is -1.24. The van der Waals surface area contributed by atoms with Gasteiger partial charge in [-0.15, -0.1) is 0 Å². The summed E-state index contributed by atoms with van der Waals surface area (Å²) in [6.45, 7) is 6.89. The van der Waals surface area contributed by atoms with Crippen LogP contribution in [0, 0.1) is 11.3 Å². The highest BCUT2D eigenvalue weighted by Crippen LogP contribution is 2.65. The van der Waals surface area contributed by atoms with Crippen molar-refractivity contribution in [3.8, 4) is 0 Å². The smallest absolute Gasteiger partial charge is 0.0980 e. The molecular formula is C13H14O. The maximum atomic E-state index is 5.13. The molecule has 0 radical (unpaired) electrons. The third kappa shape index (κ3) is 0.802. The van der Waals surface area contributed by atoms with Gasteiger partial charge in [0.05, 0.1) is 12.5 Å². The Balaban J connectivity index is 2.05. The molecule has 0 N–H and O–H groups in total. The van der Waals surface area contributed by atoms with E-state index in [4.69, 9.17) is 4.42 Å². The Kier molecular flexibility index (Phi) is 1.28. The van der Waals surface area contributed by atoms with Gasteiger partial charge in [0.15, 0.2) is 0 Å². The number of rotatable bonds is 1. The van der Waals surface area contributed by atoms with E-state index in [-0.39, 0.29) is 0 Å². The molecule has 0 aromatic carbocycles. The number of furan rings is 1. The Labute approximate surface area is 84.1 Å². The van der Waals surface area contributed by atoms with E-state index in [0.717, 1.165) is 0 Å². The van der Waals surface area contributed by atoms with Crippen LogP contribution >= 0.6 is 0 Å². The zero-order valence-electron chi connectivity index (χ0n) is 8.79. The van der Waals surface area contributed by atoms with Crippen LogP contribution in [0.4, 0.5) is 0 Å². The summed E-state index contributed by atoms with van der Waals surface area (Å²) in [6.07, 6.45) is 5.93. The second-order valence-corrected chi connectivity index (χ2v) is 4.79. The van der Waals surface area contributed by atoms with E-state index in [0.29, 0.717) is 11.3 Å². The van der Waals surface area contributed by atoms with Gasteiger partial charge in [0.2, 0.25) is 0 Å². The number of hydrogen-bond donors (Lipinski definition) is 0. The van der Waals surface area contributed by atoms with Crippen molar-refractivity contribution in [1.29, 1.82) is 0 Å². The molecule has 72 valence electrons. The molecule has 1 atom stereocenters. The van der Waals surface area contributed by atoms with Crippen molar-refractivity contribution >= 4 is 5.57 Å². The Morgan fingerprint density at radius 1 is 1.36 bits per heavy atom. The molecule has 0 bridgehead atoms. The first-order valence-corrected chi connectivity index (χ1v) is 5.12. The van der Waals surface area contributed by atoms with E-state index in [1.165, 1.54) is 11.1 Å². The van der Waals surface area contributed by atoms with E-state index >= 15 is 0 Å². The van der Waals surface area contributed by atoms with Crippen molar-refractivity contribution in [1.82, 2.24) is 0 Å². The molecule has 0 fully saturated rings. The zero-order valence-corrected chi connectivity index (χ0v) is 8.79. The summed E-state index contributed by atoms with van der Waals surface area (Å²) >= 11 is 0. The van der Waals surface area contributed by atoms with Crippen LogP contribution in [0.15, 0.2) is 40.2 Å².